The number of halogens is 1. The number of anilines is 2. The van der Waals surface area contributed by atoms with Gasteiger partial charge in [0.2, 0.25) is 11.9 Å². The van der Waals surface area contributed by atoms with Crippen molar-refractivity contribution in [3.05, 3.63) is 27.8 Å². The molecule has 7 heteroatoms. The zero-order valence-corrected chi connectivity index (χ0v) is 12.9. The first kappa shape index (κ1) is 13.3. The summed E-state index contributed by atoms with van der Waals surface area (Å²) in [5, 5.41) is 0. The van der Waals surface area contributed by atoms with Crippen LogP contribution in [-0.4, -0.2) is 28.0 Å². The topological polar surface area (TPSA) is 77.2 Å². The Labute approximate surface area is 130 Å². The van der Waals surface area contributed by atoms with E-state index in [1.807, 2.05) is 24.3 Å². The largest absolute Gasteiger partial charge is 0.424 e. The van der Waals surface area contributed by atoms with Gasteiger partial charge >= 0.3 is 6.01 Å². The van der Waals surface area contributed by atoms with Crippen molar-refractivity contribution in [2.75, 3.05) is 23.7 Å². The van der Waals surface area contributed by atoms with Crippen molar-refractivity contribution in [1.29, 1.82) is 0 Å². The Balaban J connectivity index is 1.85. The number of hydrogen-bond acceptors (Lipinski definition) is 6. The maximum absolute atomic E-state index is 5.74. The molecule has 0 spiro atoms. The molecule has 0 unspecified atom stereocenters. The van der Waals surface area contributed by atoms with E-state index in [4.69, 9.17) is 10.5 Å². The van der Waals surface area contributed by atoms with E-state index >= 15 is 0 Å². The third kappa shape index (κ3) is 3.09. The van der Waals surface area contributed by atoms with E-state index in [0.717, 1.165) is 29.5 Å². The van der Waals surface area contributed by atoms with Gasteiger partial charge in [-0.3, -0.25) is 0 Å². The summed E-state index contributed by atoms with van der Waals surface area (Å²) in [6.45, 7) is 1.90. The van der Waals surface area contributed by atoms with Gasteiger partial charge in [-0.2, -0.15) is 15.0 Å². The third-order valence-electron chi connectivity index (χ3n) is 3.01. The van der Waals surface area contributed by atoms with E-state index in [-0.39, 0.29) is 12.0 Å². The van der Waals surface area contributed by atoms with E-state index < -0.39 is 0 Å². The highest BCUT2D eigenvalue weighted by Crippen LogP contribution is 2.23. The summed E-state index contributed by atoms with van der Waals surface area (Å²) in [6, 6.07) is 7.92. The molecule has 2 heterocycles. The van der Waals surface area contributed by atoms with Crippen molar-refractivity contribution >= 4 is 34.5 Å². The first-order valence-electron chi connectivity index (χ1n) is 6.40. The normalized spacial score (nSPS) is 14.6. The second-order valence-corrected chi connectivity index (χ2v) is 5.78. The van der Waals surface area contributed by atoms with Crippen molar-refractivity contribution in [2.45, 2.75) is 12.8 Å². The van der Waals surface area contributed by atoms with Crippen LogP contribution in [0, 0.1) is 3.57 Å². The van der Waals surface area contributed by atoms with Crippen LogP contribution in [0.5, 0.6) is 11.8 Å². The van der Waals surface area contributed by atoms with Crippen LogP contribution >= 0.6 is 22.6 Å². The maximum atomic E-state index is 5.74. The van der Waals surface area contributed by atoms with Crippen LogP contribution in [0.15, 0.2) is 24.3 Å². The monoisotopic (exact) mass is 383 g/mol. The minimum atomic E-state index is 0.183. The first-order chi connectivity index (χ1) is 9.70. The number of rotatable bonds is 3. The molecule has 1 saturated heterocycles. The Kier molecular flexibility index (Phi) is 3.86. The predicted molar refractivity (Wildman–Crippen MR) is 84.9 cm³/mol. The number of aromatic nitrogens is 3. The first-order valence-corrected chi connectivity index (χ1v) is 7.48. The van der Waals surface area contributed by atoms with Gasteiger partial charge in [0.25, 0.3) is 0 Å². The number of benzene rings is 1. The van der Waals surface area contributed by atoms with E-state index in [1.54, 1.807) is 0 Å². The molecule has 6 nitrogen and oxygen atoms in total. The average Bonchev–Trinajstić information content (AvgIpc) is 2.91. The highest BCUT2D eigenvalue weighted by molar-refractivity contribution is 14.1. The number of nitrogens with two attached hydrogens (primary N) is 1. The molecule has 0 aliphatic carbocycles. The summed E-state index contributed by atoms with van der Waals surface area (Å²) >= 11 is 2.23. The van der Waals surface area contributed by atoms with Crippen molar-refractivity contribution in [3.8, 4) is 11.8 Å². The number of hydrogen-bond donors (Lipinski definition) is 1. The summed E-state index contributed by atoms with van der Waals surface area (Å²) in [6.07, 6.45) is 2.30. The lowest BCUT2D eigenvalue weighted by Gasteiger charge is -2.15. The fourth-order valence-electron chi connectivity index (χ4n) is 2.10. The molecule has 1 fully saturated rings. The fraction of sp³-hybridized carbons (Fsp3) is 0.308. The third-order valence-corrected chi connectivity index (χ3v) is 3.69. The Morgan fingerprint density at radius 1 is 1.15 bits per heavy atom. The van der Waals surface area contributed by atoms with Crippen LogP contribution in [0.25, 0.3) is 0 Å². The van der Waals surface area contributed by atoms with Gasteiger partial charge in [0.15, 0.2) is 0 Å². The van der Waals surface area contributed by atoms with Gasteiger partial charge in [0.1, 0.15) is 5.75 Å². The molecular weight excluding hydrogens is 369 g/mol. The van der Waals surface area contributed by atoms with E-state index in [2.05, 4.69) is 42.4 Å². The second kappa shape index (κ2) is 5.78. The van der Waals surface area contributed by atoms with E-state index in [1.165, 1.54) is 0 Å². The molecule has 1 aliphatic rings. The summed E-state index contributed by atoms with van der Waals surface area (Å²) in [4.78, 5) is 14.6. The standard InChI is InChI=1S/C13H14IN5O/c14-9-4-3-5-10(8-9)20-13-17-11(15)16-12(18-13)19-6-1-2-7-19/h3-5,8H,1-2,6-7H2,(H2,15,16,17,18). The maximum Gasteiger partial charge on any atom is 0.328 e. The Bertz CT molecular complexity index is 615. The van der Waals surface area contributed by atoms with Crippen molar-refractivity contribution in [2.24, 2.45) is 0 Å². The van der Waals surface area contributed by atoms with Crippen LogP contribution in [-0.2, 0) is 0 Å². The molecule has 20 heavy (non-hydrogen) atoms. The molecule has 104 valence electrons. The SMILES string of the molecule is Nc1nc(Oc2cccc(I)c2)nc(N2CCCC2)n1. The molecule has 0 atom stereocenters. The molecule has 1 aromatic heterocycles. The summed E-state index contributed by atoms with van der Waals surface area (Å²) in [5.41, 5.74) is 5.74. The van der Waals surface area contributed by atoms with Gasteiger partial charge < -0.3 is 15.4 Å². The van der Waals surface area contributed by atoms with Gasteiger partial charge in [-0.1, -0.05) is 6.07 Å². The van der Waals surface area contributed by atoms with Crippen molar-refractivity contribution in [1.82, 2.24) is 15.0 Å². The molecular formula is C13H14IN5O. The number of ether oxygens (including phenoxy) is 1. The van der Waals surface area contributed by atoms with E-state index in [9.17, 15) is 0 Å². The summed E-state index contributed by atoms with van der Waals surface area (Å²) in [7, 11) is 0. The van der Waals surface area contributed by atoms with Crippen LogP contribution in [0.2, 0.25) is 0 Å². The molecule has 1 aliphatic heterocycles. The molecule has 3 rings (SSSR count). The number of nitrogens with zero attached hydrogens (tertiary/aromatic N) is 4. The van der Waals surface area contributed by atoms with Crippen LogP contribution in [0.3, 0.4) is 0 Å². The zero-order valence-electron chi connectivity index (χ0n) is 10.8. The lowest BCUT2D eigenvalue weighted by atomic mass is 10.3. The Hall–Kier alpha value is -1.64. The molecule has 2 aromatic rings. The fourth-order valence-corrected chi connectivity index (χ4v) is 2.62. The molecule has 1 aromatic carbocycles. The van der Waals surface area contributed by atoms with Crippen LogP contribution < -0.4 is 15.4 Å². The molecule has 0 bridgehead atoms. The van der Waals surface area contributed by atoms with E-state index in [0.29, 0.717) is 11.7 Å². The smallest absolute Gasteiger partial charge is 0.328 e. The molecule has 0 amide bonds. The van der Waals surface area contributed by atoms with Gasteiger partial charge in [0, 0.05) is 16.7 Å². The van der Waals surface area contributed by atoms with Crippen LogP contribution in [0.1, 0.15) is 12.8 Å². The Morgan fingerprint density at radius 2 is 1.95 bits per heavy atom. The lowest BCUT2D eigenvalue weighted by Crippen LogP contribution is -2.21. The highest BCUT2D eigenvalue weighted by atomic mass is 127. The summed E-state index contributed by atoms with van der Waals surface area (Å²) in [5.74, 6) is 1.47. The van der Waals surface area contributed by atoms with Gasteiger partial charge in [0.05, 0.1) is 0 Å². The van der Waals surface area contributed by atoms with Gasteiger partial charge in [-0.05, 0) is 53.6 Å². The molecule has 0 saturated carbocycles. The average molecular weight is 383 g/mol. The van der Waals surface area contributed by atoms with Gasteiger partial charge in [-0.25, -0.2) is 0 Å². The highest BCUT2D eigenvalue weighted by Gasteiger charge is 2.17. The van der Waals surface area contributed by atoms with Crippen molar-refractivity contribution < 1.29 is 4.74 Å². The predicted octanol–water partition coefficient (Wildman–Crippen LogP) is 2.45. The second-order valence-electron chi connectivity index (χ2n) is 4.53. The molecule has 2 N–H and O–H groups in total. The quantitative estimate of drug-likeness (QED) is 0.821. The van der Waals surface area contributed by atoms with Crippen LogP contribution in [0.4, 0.5) is 11.9 Å². The Morgan fingerprint density at radius 3 is 2.70 bits per heavy atom. The van der Waals surface area contributed by atoms with Crippen molar-refractivity contribution in [3.63, 3.8) is 0 Å². The summed E-state index contributed by atoms with van der Waals surface area (Å²) < 4.78 is 6.75. The minimum Gasteiger partial charge on any atom is -0.424 e. The molecule has 0 radical (unpaired) electrons. The zero-order chi connectivity index (χ0) is 13.9. The van der Waals surface area contributed by atoms with Gasteiger partial charge in [-0.15, -0.1) is 0 Å². The lowest BCUT2D eigenvalue weighted by molar-refractivity contribution is 0.440. The minimum absolute atomic E-state index is 0.183. The number of nitrogen functional groups attached to an aromatic ring is 1.